The highest BCUT2D eigenvalue weighted by Gasteiger charge is 2.17. The van der Waals surface area contributed by atoms with Crippen LogP contribution in [-0.4, -0.2) is 22.5 Å². The van der Waals surface area contributed by atoms with Crippen molar-refractivity contribution in [2.75, 3.05) is 0 Å². The standard InChI is InChI=1S/C13H14N2O2/c1-7-9(3)14-4-10(7)13-11(5-16)8(2)12(6-17)15-13/h4-6,14-15H,1-3H3. The van der Waals surface area contributed by atoms with Gasteiger partial charge in [-0.15, -0.1) is 0 Å². The third kappa shape index (κ3) is 1.62. The molecule has 2 aromatic heterocycles. The van der Waals surface area contributed by atoms with Crippen molar-refractivity contribution in [3.05, 3.63) is 34.3 Å². The number of aromatic amines is 2. The van der Waals surface area contributed by atoms with Gasteiger partial charge in [-0.1, -0.05) is 0 Å². The highest BCUT2D eigenvalue weighted by Crippen LogP contribution is 2.29. The van der Waals surface area contributed by atoms with Gasteiger partial charge in [0.25, 0.3) is 0 Å². The van der Waals surface area contributed by atoms with E-state index in [-0.39, 0.29) is 0 Å². The Kier molecular flexibility index (Phi) is 2.71. The maximum Gasteiger partial charge on any atom is 0.166 e. The van der Waals surface area contributed by atoms with Crippen LogP contribution in [0.15, 0.2) is 6.20 Å². The second kappa shape index (κ2) is 4.05. The maximum absolute atomic E-state index is 11.1. The quantitative estimate of drug-likeness (QED) is 0.796. The summed E-state index contributed by atoms with van der Waals surface area (Å²) in [6.45, 7) is 5.71. The number of hydrogen-bond acceptors (Lipinski definition) is 2. The molecule has 0 atom stereocenters. The van der Waals surface area contributed by atoms with E-state index in [0.29, 0.717) is 22.5 Å². The summed E-state index contributed by atoms with van der Waals surface area (Å²) in [6, 6.07) is 0. The Morgan fingerprint density at radius 2 is 1.76 bits per heavy atom. The molecule has 0 aliphatic carbocycles. The lowest BCUT2D eigenvalue weighted by atomic mass is 10.0. The fourth-order valence-corrected chi connectivity index (χ4v) is 1.96. The Hall–Kier alpha value is -2.10. The summed E-state index contributed by atoms with van der Waals surface area (Å²) < 4.78 is 0. The van der Waals surface area contributed by atoms with Gasteiger partial charge in [-0.25, -0.2) is 0 Å². The molecule has 0 aliphatic heterocycles. The van der Waals surface area contributed by atoms with E-state index in [1.807, 2.05) is 20.0 Å². The molecule has 4 nitrogen and oxygen atoms in total. The molecule has 0 saturated carbocycles. The molecule has 2 heterocycles. The monoisotopic (exact) mass is 230 g/mol. The second-order valence-electron chi connectivity index (χ2n) is 4.14. The molecule has 0 aliphatic rings. The van der Waals surface area contributed by atoms with Gasteiger partial charge in [0.05, 0.1) is 11.4 Å². The third-order valence-corrected chi connectivity index (χ3v) is 3.24. The molecule has 88 valence electrons. The fourth-order valence-electron chi connectivity index (χ4n) is 1.96. The first-order chi connectivity index (χ1) is 8.10. The van der Waals surface area contributed by atoms with E-state index in [9.17, 15) is 9.59 Å². The molecule has 0 saturated heterocycles. The maximum atomic E-state index is 11.1. The van der Waals surface area contributed by atoms with Gasteiger partial charge in [-0.05, 0) is 31.9 Å². The summed E-state index contributed by atoms with van der Waals surface area (Å²) in [4.78, 5) is 28.1. The first kappa shape index (κ1) is 11.4. The van der Waals surface area contributed by atoms with Crippen LogP contribution in [0.1, 0.15) is 37.7 Å². The average molecular weight is 230 g/mol. The van der Waals surface area contributed by atoms with Crippen LogP contribution < -0.4 is 0 Å². The van der Waals surface area contributed by atoms with Gasteiger partial charge in [-0.3, -0.25) is 9.59 Å². The lowest BCUT2D eigenvalue weighted by molar-refractivity contribution is 0.111. The topological polar surface area (TPSA) is 65.7 Å². The van der Waals surface area contributed by atoms with Gasteiger partial charge in [0, 0.05) is 23.0 Å². The predicted octanol–water partition coefficient (Wildman–Crippen LogP) is 2.56. The molecule has 2 N–H and O–H groups in total. The normalized spacial score (nSPS) is 10.5. The van der Waals surface area contributed by atoms with Crippen LogP contribution in [0.25, 0.3) is 11.3 Å². The van der Waals surface area contributed by atoms with E-state index in [1.165, 1.54) is 0 Å². The molecule has 4 heteroatoms. The van der Waals surface area contributed by atoms with Crippen molar-refractivity contribution in [1.29, 1.82) is 0 Å². The number of rotatable bonds is 3. The molecule has 0 unspecified atom stereocenters. The zero-order chi connectivity index (χ0) is 12.6. The summed E-state index contributed by atoms with van der Waals surface area (Å²) >= 11 is 0. The van der Waals surface area contributed by atoms with E-state index in [1.54, 1.807) is 6.92 Å². The first-order valence-electron chi connectivity index (χ1n) is 5.38. The van der Waals surface area contributed by atoms with Crippen molar-refractivity contribution < 1.29 is 9.59 Å². The molecule has 0 aromatic carbocycles. The Morgan fingerprint density at radius 3 is 2.24 bits per heavy atom. The minimum Gasteiger partial charge on any atom is -0.364 e. The van der Waals surface area contributed by atoms with Crippen molar-refractivity contribution >= 4 is 12.6 Å². The molecule has 0 amide bonds. The number of aldehydes is 2. The third-order valence-electron chi connectivity index (χ3n) is 3.24. The van der Waals surface area contributed by atoms with Gasteiger partial charge < -0.3 is 9.97 Å². The average Bonchev–Trinajstić information content (AvgIpc) is 2.81. The first-order valence-corrected chi connectivity index (χ1v) is 5.38. The number of carbonyl (C=O) groups is 2. The smallest absolute Gasteiger partial charge is 0.166 e. The minimum atomic E-state index is 0.459. The minimum absolute atomic E-state index is 0.459. The molecule has 17 heavy (non-hydrogen) atoms. The zero-order valence-corrected chi connectivity index (χ0v) is 10.0. The molecule has 0 radical (unpaired) electrons. The molecule has 0 fully saturated rings. The summed E-state index contributed by atoms with van der Waals surface area (Å²) in [7, 11) is 0. The van der Waals surface area contributed by atoms with Gasteiger partial charge >= 0.3 is 0 Å². The highest BCUT2D eigenvalue weighted by molar-refractivity contribution is 5.93. The molecule has 2 rings (SSSR count). The van der Waals surface area contributed by atoms with Gasteiger partial charge in [0.15, 0.2) is 12.6 Å². The number of carbonyl (C=O) groups excluding carboxylic acids is 2. The van der Waals surface area contributed by atoms with E-state index in [2.05, 4.69) is 9.97 Å². The lowest BCUT2D eigenvalue weighted by Crippen LogP contribution is -1.86. The van der Waals surface area contributed by atoms with Gasteiger partial charge in [0.1, 0.15) is 0 Å². The number of aromatic nitrogens is 2. The van der Waals surface area contributed by atoms with Crippen LogP contribution >= 0.6 is 0 Å². The van der Waals surface area contributed by atoms with Crippen LogP contribution in [0, 0.1) is 20.8 Å². The lowest BCUT2D eigenvalue weighted by Gasteiger charge is -1.99. The second-order valence-corrected chi connectivity index (χ2v) is 4.14. The number of hydrogen-bond donors (Lipinski definition) is 2. The Labute approximate surface area is 99.1 Å². The fraction of sp³-hybridized carbons (Fsp3) is 0.231. The Bertz CT molecular complexity index is 591. The zero-order valence-electron chi connectivity index (χ0n) is 10.0. The molecule has 0 bridgehead atoms. The van der Waals surface area contributed by atoms with E-state index >= 15 is 0 Å². The SMILES string of the molecule is Cc1[nH]cc(-c2[nH]c(C=O)c(C)c2C=O)c1C. The van der Waals surface area contributed by atoms with E-state index in [4.69, 9.17) is 0 Å². The molecular formula is C13H14N2O2. The molecule has 2 aromatic rings. The van der Waals surface area contributed by atoms with Crippen LogP contribution in [-0.2, 0) is 0 Å². The Balaban J connectivity index is 2.71. The molecular weight excluding hydrogens is 216 g/mol. The number of H-pyrrole nitrogens is 2. The van der Waals surface area contributed by atoms with Gasteiger partial charge in [-0.2, -0.15) is 0 Å². The van der Waals surface area contributed by atoms with Crippen molar-refractivity contribution in [2.24, 2.45) is 0 Å². The predicted molar refractivity (Wildman–Crippen MR) is 65.6 cm³/mol. The van der Waals surface area contributed by atoms with Crippen molar-refractivity contribution in [2.45, 2.75) is 20.8 Å². The highest BCUT2D eigenvalue weighted by atomic mass is 16.1. The van der Waals surface area contributed by atoms with Crippen molar-refractivity contribution in [1.82, 2.24) is 9.97 Å². The van der Waals surface area contributed by atoms with Crippen LogP contribution in [0.2, 0.25) is 0 Å². The van der Waals surface area contributed by atoms with Crippen molar-refractivity contribution in [3.8, 4) is 11.3 Å². The van der Waals surface area contributed by atoms with Crippen LogP contribution in [0.5, 0.6) is 0 Å². The van der Waals surface area contributed by atoms with Gasteiger partial charge in [0.2, 0.25) is 0 Å². The summed E-state index contributed by atoms with van der Waals surface area (Å²) in [6.07, 6.45) is 3.37. The largest absolute Gasteiger partial charge is 0.364 e. The number of aryl methyl sites for hydroxylation is 1. The summed E-state index contributed by atoms with van der Waals surface area (Å²) in [5.41, 5.74) is 5.48. The van der Waals surface area contributed by atoms with Crippen LogP contribution in [0.4, 0.5) is 0 Å². The summed E-state index contributed by atoms with van der Waals surface area (Å²) in [5.74, 6) is 0. The number of nitrogens with one attached hydrogen (secondary N) is 2. The summed E-state index contributed by atoms with van der Waals surface area (Å²) in [5, 5.41) is 0. The van der Waals surface area contributed by atoms with Crippen LogP contribution in [0.3, 0.4) is 0 Å². The van der Waals surface area contributed by atoms with E-state index in [0.717, 1.165) is 29.4 Å². The molecule has 0 spiro atoms. The van der Waals surface area contributed by atoms with Crippen molar-refractivity contribution in [3.63, 3.8) is 0 Å². The Morgan fingerprint density at radius 1 is 1.06 bits per heavy atom. The van der Waals surface area contributed by atoms with E-state index < -0.39 is 0 Å².